The third-order valence-electron chi connectivity index (χ3n) is 3.86. The Balaban J connectivity index is 2.07. The van der Waals surface area contributed by atoms with Crippen LogP contribution in [0.25, 0.3) is 0 Å². The van der Waals surface area contributed by atoms with Crippen molar-refractivity contribution in [2.24, 2.45) is 5.92 Å². The molecule has 0 aliphatic carbocycles. The van der Waals surface area contributed by atoms with Crippen LogP contribution in [0.1, 0.15) is 26.7 Å². The number of hydrogen-bond acceptors (Lipinski definition) is 2. The summed E-state index contributed by atoms with van der Waals surface area (Å²) in [6.07, 6.45) is 1.11. The minimum Gasteiger partial charge on any atom is -0.339 e. The van der Waals surface area contributed by atoms with Gasteiger partial charge in [0.15, 0.2) is 0 Å². The van der Waals surface area contributed by atoms with Crippen molar-refractivity contribution in [3.05, 3.63) is 28.2 Å². The minimum atomic E-state index is -0.362. The fourth-order valence-electron chi connectivity index (χ4n) is 2.40. The zero-order valence-corrected chi connectivity index (χ0v) is 13.5. The number of nitrogens with one attached hydrogen (secondary N) is 1. The summed E-state index contributed by atoms with van der Waals surface area (Å²) in [5.41, 5.74) is 0.403. The quantitative estimate of drug-likeness (QED) is 0.918. The molecule has 1 aliphatic heterocycles. The summed E-state index contributed by atoms with van der Waals surface area (Å²) in [6.45, 7) is 4.46. The van der Waals surface area contributed by atoms with Crippen molar-refractivity contribution in [3.8, 4) is 0 Å². The van der Waals surface area contributed by atoms with Gasteiger partial charge in [-0.2, -0.15) is 0 Å². The molecule has 1 aliphatic rings. The van der Waals surface area contributed by atoms with Gasteiger partial charge in [-0.15, -0.1) is 0 Å². The van der Waals surface area contributed by atoms with Gasteiger partial charge in [0.2, 0.25) is 11.8 Å². The van der Waals surface area contributed by atoms with Crippen molar-refractivity contribution >= 4 is 40.7 Å². The Labute approximate surface area is 134 Å². The maximum absolute atomic E-state index is 12.3. The first-order chi connectivity index (χ1) is 9.93. The van der Waals surface area contributed by atoms with Crippen molar-refractivity contribution in [1.82, 2.24) is 4.90 Å². The van der Waals surface area contributed by atoms with Gasteiger partial charge in [-0.1, -0.05) is 36.2 Å². The number of anilines is 1. The first-order valence-electron chi connectivity index (χ1n) is 6.98. The summed E-state index contributed by atoms with van der Waals surface area (Å²) in [6, 6.07) is 5.19. The Morgan fingerprint density at radius 2 is 2.05 bits per heavy atom. The molecule has 6 heteroatoms. The number of para-hydroxylation sites is 1. The number of carbonyl (C=O) groups excluding carboxylic acids is 2. The average Bonchev–Trinajstić information content (AvgIpc) is 2.84. The molecule has 2 amide bonds. The van der Waals surface area contributed by atoms with Crippen LogP contribution in [0.2, 0.25) is 10.0 Å². The van der Waals surface area contributed by atoms with Crippen molar-refractivity contribution < 1.29 is 9.59 Å². The summed E-state index contributed by atoms with van der Waals surface area (Å²) in [5, 5.41) is 3.51. The predicted molar refractivity (Wildman–Crippen MR) is 84.7 cm³/mol. The van der Waals surface area contributed by atoms with Crippen LogP contribution in [0, 0.1) is 5.92 Å². The van der Waals surface area contributed by atoms with Gasteiger partial charge in [-0.05, 0) is 25.5 Å². The lowest BCUT2D eigenvalue weighted by atomic mass is 10.1. The Kier molecular flexibility index (Phi) is 5.12. The van der Waals surface area contributed by atoms with Gasteiger partial charge in [0.05, 0.1) is 21.7 Å². The minimum absolute atomic E-state index is 0.0229. The van der Waals surface area contributed by atoms with Crippen LogP contribution >= 0.6 is 23.2 Å². The number of rotatable bonds is 4. The molecule has 1 N–H and O–H groups in total. The molecule has 2 rings (SSSR count). The zero-order valence-electron chi connectivity index (χ0n) is 12.0. The lowest BCUT2D eigenvalue weighted by Gasteiger charge is -2.23. The van der Waals surface area contributed by atoms with Crippen LogP contribution in [0.3, 0.4) is 0 Å². The van der Waals surface area contributed by atoms with Crippen molar-refractivity contribution in [2.75, 3.05) is 11.9 Å². The average molecular weight is 329 g/mol. The van der Waals surface area contributed by atoms with E-state index in [2.05, 4.69) is 5.32 Å². The van der Waals surface area contributed by atoms with E-state index in [1.54, 1.807) is 23.1 Å². The molecule has 0 aromatic heterocycles. The molecule has 0 radical (unpaired) electrons. The molecule has 1 aromatic carbocycles. The molecule has 0 spiro atoms. The van der Waals surface area contributed by atoms with E-state index in [9.17, 15) is 9.59 Å². The lowest BCUT2D eigenvalue weighted by Crippen LogP contribution is -2.35. The first kappa shape index (κ1) is 16.1. The molecular weight excluding hydrogens is 311 g/mol. The molecule has 1 heterocycles. The molecule has 21 heavy (non-hydrogen) atoms. The van der Waals surface area contributed by atoms with Crippen LogP contribution in [0.5, 0.6) is 0 Å². The normalized spacial score (nSPS) is 19.7. The van der Waals surface area contributed by atoms with E-state index in [4.69, 9.17) is 23.2 Å². The Bertz CT molecular complexity index is 542. The molecule has 114 valence electrons. The first-order valence-corrected chi connectivity index (χ1v) is 7.74. The van der Waals surface area contributed by atoms with E-state index in [0.717, 1.165) is 6.42 Å². The second-order valence-corrected chi connectivity index (χ2v) is 6.10. The molecule has 2 atom stereocenters. The number of nitrogens with zero attached hydrogens (tertiary/aromatic N) is 1. The number of halogens is 2. The molecule has 0 bridgehead atoms. The van der Waals surface area contributed by atoms with Gasteiger partial charge in [-0.25, -0.2) is 0 Å². The van der Waals surface area contributed by atoms with Gasteiger partial charge >= 0.3 is 0 Å². The van der Waals surface area contributed by atoms with Crippen molar-refractivity contribution in [3.63, 3.8) is 0 Å². The monoisotopic (exact) mass is 328 g/mol. The number of benzene rings is 1. The smallest absolute Gasteiger partial charge is 0.229 e. The molecule has 1 fully saturated rings. The predicted octanol–water partition coefficient (Wildman–Crippen LogP) is 3.58. The van der Waals surface area contributed by atoms with Crippen LogP contribution in [0.15, 0.2) is 18.2 Å². The fraction of sp³-hybridized carbons (Fsp3) is 0.467. The summed E-state index contributed by atoms with van der Waals surface area (Å²) >= 11 is 12.1. The van der Waals surface area contributed by atoms with Crippen molar-refractivity contribution in [2.45, 2.75) is 32.7 Å². The van der Waals surface area contributed by atoms with Crippen LogP contribution in [-0.4, -0.2) is 29.3 Å². The Hall–Kier alpha value is -1.26. The highest BCUT2D eigenvalue weighted by atomic mass is 35.5. The second-order valence-electron chi connectivity index (χ2n) is 5.29. The van der Waals surface area contributed by atoms with Gasteiger partial charge in [0.1, 0.15) is 0 Å². The third kappa shape index (κ3) is 3.50. The molecule has 1 saturated heterocycles. The van der Waals surface area contributed by atoms with Gasteiger partial charge < -0.3 is 10.2 Å². The van der Waals surface area contributed by atoms with Crippen molar-refractivity contribution in [1.29, 1.82) is 0 Å². The van der Waals surface area contributed by atoms with E-state index in [1.165, 1.54) is 0 Å². The van der Waals surface area contributed by atoms with E-state index in [1.807, 2.05) is 13.8 Å². The van der Waals surface area contributed by atoms with E-state index < -0.39 is 0 Å². The fourth-order valence-corrected chi connectivity index (χ4v) is 2.89. The molecule has 0 saturated carbocycles. The second kappa shape index (κ2) is 6.67. The maximum atomic E-state index is 12.3. The zero-order chi connectivity index (χ0) is 15.6. The highest BCUT2D eigenvalue weighted by molar-refractivity contribution is 6.39. The highest BCUT2D eigenvalue weighted by Gasteiger charge is 2.36. The van der Waals surface area contributed by atoms with Crippen LogP contribution in [-0.2, 0) is 9.59 Å². The number of likely N-dealkylation sites (tertiary alicyclic amines) is 1. The Morgan fingerprint density at radius 1 is 1.43 bits per heavy atom. The molecular formula is C15H18Cl2N2O2. The molecule has 1 aromatic rings. The lowest BCUT2D eigenvalue weighted by molar-refractivity contribution is -0.129. The van der Waals surface area contributed by atoms with E-state index in [-0.39, 0.29) is 30.2 Å². The van der Waals surface area contributed by atoms with Gasteiger partial charge in [0.25, 0.3) is 0 Å². The standard InChI is InChI=1S/C15H18Cl2N2O2/c1-3-9(2)19-8-10(7-13(19)20)15(21)18-14-11(16)5-4-6-12(14)17/h4-6,9-10H,3,7-8H2,1-2H3,(H,18,21). The summed E-state index contributed by atoms with van der Waals surface area (Å²) in [5.74, 6) is -0.558. The van der Waals surface area contributed by atoms with E-state index in [0.29, 0.717) is 22.3 Å². The van der Waals surface area contributed by atoms with E-state index >= 15 is 0 Å². The van der Waals surface area contributed by atoms with Gasteiger partial charge in [-0.3, -0.25) is 9.59 Å². The topological polar surface area (TPSA) is 49.4 Å². The number of carbonyl (C=O) groups is 2. The van der Waals surface area contributed by atoms with Crippen LogP contribution < -0.4 is 5.32 Å². The SMILES string of the molecule is CCC(C)N1CC(C(=O)Nc2c(Cl)cccc2Cl)CC1=O. The highest BCUT2D eigenvalue weighted by Crippen LogP contribution is 2.31. The largest absolute Gasteiger partial charge is 0.339 e. The summed E-state index contributed by atoms with van der Waals surface area (Å²) < 4.78 is 0. The Morgan fingerprint density at radius 3 is 2.62 bits per heavy atom. The third-order valence-corrected chi connectivity index (χ3v) is 4.49. The van der Waals surface area contributed by atoms with Crippen LogP contribution in [0.4, 0.5) is 5.69 Å². The maximum Gasteiger partial charge on any atom is 0.229 e. The van der Waals surface area contributed by atoms with Gasteiger partial charge in [0, 0.05) is 19.0 Å². The number of hydrogen-bond donors (Lipinski definition) is 1. The summed E-state index contributed by atoms with van der Waals surface area (Å²) in [7, 11) is 0. The molecule has 4 nitrogen and oxygen atoms in total. The summed E-state index contributed by atoms with van der Waals surface area (Å²) in [4.78, 5) is 26.0. The number of amides is 2. The molecule has 2 unspecified atom stereocenters.